The van der Waals surface area contributed by atoms with E-state index in [9.17, 15) is 22.8 Å². The fourth-order valence-corrected chi connectivity index (χ4v) is 4.30. The first kappa shape index (κ1) is 33.6. The number of benzene rings is 1. The van der Waals surface area contributed by atoms with E-state index in [2.05, 4.69) is 25.8 Å². The molecule has 1 aliphatic heterocycles. The second-order valence-electron chi connectivity index (χ2n) is 11.1. The van der Waals surface area contributed by atoms with E-state index in [1.807, 2.05) is 20.8 Å². The number of carbonyl (C=O) groups is 2. The molecule has 5 N–H and O–H groups in total. The number of nitrogens with zero attached hydrogens (tertiary/aromatic N) is 3. The van der Waals surface area contributed by atoms with E-state index in [4.69, 9.17) is 20.2 Å². The number of hydrogen-bond donors (Lipinski definition) is 4. The molecule has 0 unspecified atom stereocenters. The Hall–Kier alpha value is -3.91. The minimum absolute atomic E-state index is 0.0936. The van der Waals surface area contributed by atoms with Crippen molar-refractivity contribution in [2.75, 3.05) is 57.4 Å². The van der Waals surface area contributed by atoms with Crippen molar-refractivity contribution >= 4 is 29.6 Å². The van der Waals surface area contributed by atoms with Gasteiger partial charge in [-0.25, -0.2) is 9.78 Å². The number of pyridine rings is 1. The molecule has 236 valence electrons. The second-order valence-corrected chi connectivity index (χ2v) is 11.1. The molecule has 1 fully saturated rings. The lowest BCUT2D eigenvalue weighted by Crippen LogP contribution is -2.41. The average molecular weight is 608 g/mol. The van der Waals surface area contributed by atoms with Crippen molar-refractivity contribution < 1.29 is 32.2 Å². The van der Waals surface area contributed by atoms with Gasteiger partial charge in [0.1, 0.15) is 22.7 Å². The summed E-state index contributed by atoms with van der Waals surface area (Å²) in [4.78, 5) is 34.8. The van der Waals surface area contributed by atoms with E-state index in [0.717, 1.165) is 51.2 Å². The molecule has 0 radical (unpaired) electrons. The summed E-state index contributed by atoms with van der Waals surface area (Å²) in [5.41, 5.74) is 5.26. The fourth-order valence-electron chi connectivity index (χ4n) is 4.30. The van der Waals surface area contributed by atoms with Crippen molar-refractivity contribution in [1.82, 2.24) is 20.5 Å². The molecular weight excluding hydrogens is 567 g/mol. The van der Waals surface area contributed by atoms with Crippen LogP contribution in [-0.2, 0) is 10.9 Å². The smallest absolute Gasteiger partial charge is 0.433 e. The first-order valence-corrected chi connectivity index (χ1v) is 14.0. The van der Waals surface area contributed by atoms with Gasteiger partial charge < -0.3 is 36.1 Å². The number of anilines is 2. The third-order valence-electron chi connectivity index (χ3n) is 6.48. The zero-order chi connectivity index (χ0) is 31.6. The first-order valence-electron chi connectivity index (χ1n) is 14.0. The SMILES string of the molecule is COc1cc(N)c(C=NC2CCN(CCNCCNC(=O)OC(C)(C)C)CC2)cc1NC(=O)c1cccc(C(F)(F)F)n1. The number of nitrogens with two attached hydrogens (primary N) is 1. The van der Waals surface area contributed by atoms with Gasteiger partial charge in [0, 0.05) is 62.8 Å². The van der Waals surface area contributed by atoms with E-state index in [1.165, 1.54) is 19.2 Å². The van der Waals surface area contributed by atoms with Crippen LogP contribution in [0.25, 0.3) is 0 Å². The minimum Gasteiger partial charge on any atom is -0.494 e. The monoisotopic (exact) mass is 607 g/mol. The van der Waals surface area contributed by atoms with Crippen LogP contribution >= 0.6 is 0 Å². The van der Waals surface area contributed by atoms with Crippen molar-refractivity contribution in [1.29, 1.82) is 0 Å². The van der Waals surface area contributed by atoms with Crippen molar-refractivity contribution in [2.24, 2.45) is 4.99 Å². The molecule has 0 saturated carbocycles. The summed E-state index contributed by atoms with van der Waals surface area (Å²) in [6.07, 6.45) is -1.74. The lowest BCUT2D eigenvalue weighted by molar-refractivity contribution is -0.141. The Labute approximate surface area is 249 Å². The fraction of sp³-hybridized carbons (Fsp3) is 0.517. The highest BCUT2D eigenvalue weighted by molar-refractivity contribution is 6.04. The van der Waals surface area contributed by atoms with Gasteiger partial charge in [0.05, 0.1) is 18.8 Å². The van der Waals surface area contributed by atoms with E-state index >= 15 is 0 Å². The summed E-state index contributed by atoms with van der Waals surface area (Å²) in [5.74, 6) is -0.573. The number of alkyl halides is 3. The van der Waals surface area contributed by atoms with Crippen LogP contribution < -0.4 is 26.4 Å². The normalized spacial score (nSPS) is 15.0. The third kappa shape index (κ3) is 11.0. The molecule has 1 aliphatic rings. The van der Waals surface area contributed by atoms with Gasteiger partial charge in [-0.05, 0) is 51.8 Å². The van der Waals surface area contributed by atoms with Crippen LogP contribution in [-0.4, -0.2) is 86.1 Å². The van der Waals surface area contributed by atoms with Crippen LogP contribution in [0.4, 0.5) is 29.3 Å². The van der Waals surface area contributed by atoms with Gasteiger partial charge in [0.2, 0.25) is 0 Å². The maximum Gasteiger partial charge on any atom is 0.433 e. The Balaban J connectivity index is 1.48. The highest BCUT2D eigenvalue weighted by Gasteiger charge is 2.33. The zero-order valence-corrected chi connectivity index (χ0v) is 24.9. The predicted octanol–water partition coefficient (Wildman–Crippen LogP) is 3.94. The number of amides is 2. The topological polar surface area (TPSA) is 143 Å². The van der Waals surface area contributed by atoms with Gasteiger partial charge in [0.25, 0.3) is 5.91 Å². The van der Waals surface area contributed by atoms with Crippen LogP contribution in [0, 0.1) is 0 Å². The summed E-state index contributed by atoms with van der Waals surface area (Å²) in [6.45, 7) is 10.00. The molecule has 11 nitrogen and oxygen atoms in total. The molecule has 3 rings (SSSR count). The Bertz CT molecular complexity index is 1270. The molecule has 2 amide bonds. The Morgan fingerprint density at radius 2 is 1.86 bits per heavy atom. The Morgan fingerprint density at radius 1 is 1.14 bits per heavy atom. The number of piperidine rings is 1. The lowest BCUT2D eigenvalue weighted by atomic mass is 10.1. The number of methoxy groups -OCH3 is 1. The summed E-state index contributed by atoms with van der Waals surface area (Å²) in [5, 5.41) is 8.60. The standard InChI is InChI=1S/C29H40F3N7O4/c1-28(2,3)43-27(41)35-11-10-34-12-15-39-13-8-20(9-14-39)36-18-19-16-23(24(42-4)17-21(19)33)38-26(40)22-6-5-7-25(37-22)29(30,31)32/h5-7,16-18,20,34H,8-15,33H2,1-4H3,(H,35,41)(H,38,40). The minimum atomic E-state index is -4.67. The molecule has 1 aromatic heterocycles. The van der Waals surface area contributed by atoms with Crippen LogP contribution in [0.1, 0.15) is 55.4 Å². The number of ether oxygens (including phenoxy) is 2. The van der Waals surface area contributed by atoms with Crippen LogP contribution in [0.15, 0.2) is 35.3 Å². The van der Waals surface area contributed by atoms with Gasteiger partial charge >= 0.3 is 12.3 Å². The second kappa shape index (κ2) is 15.0. The number of aliphatic imine (C=N–C) groups is 1. The Kier molecular flexibility index (Phi) is 11.7. The lowest BCUT2D eigenvalue weighted by Gasteiger charge is -2.30. The maximum atomic E-state index is 13.0. The van der Waals surface area contributed by atoms with Crippen LogP contribution in [0.3, 0.4) is 0 Å². The molecule has 1 saturated heterocycles. The molecule has 2 heterocycles. The summed E-state index contributed by atoms with van der Waals surface area (Å²) >= 11 is 0. The molecule has 14 heteroatoms. The van der Waals surface area contributed by atoms with Gasteiger partial charge in [-0.1, -0.05) is 6.07 Å². The average Bonchev–Trinajstić information content (AvgIpc) is 2.94. The van der Waals surface area contributed by atoms with Crippen molar-refractivity contribution in [3.05, 3.63) is 47.3 Å². The van der Waals surface area contributed by atoms with Gasteiger partial charge in [-0.2, -0.15) is 13.2 Å². The molecular formula is C29H40F3N7O4. The number of hydrogen-bond acceptors (Lipinski definition) is 9. The Morgan fingerprint density at radius 3 is 2.51 bits per heavy atom. The highest BCUT2D eigenvalue weighted by atomic mass is 19.4. The number of alkyl carbamates (subject to hydrolysis) is 1. The summed E-state index contributed by atoms with van der Waals surface area (Å²) in [7, 11) is 1.39. The molecule has 0 aliphatic carbocycles. The first-order chi connectivity index (χ1) is 20.2. The van der Waals surface area contributed by atoms with Crippen LogP contribution in [0.5, 0.6) is 5.75 Å². The quantitative estimate of drug-likeness (QED) is 0.171. The zero-order valence-electron chi connectivity index (χ0n) is 24.9. The molecule has 0 atom stereocenters. The number of carbonyl (C=O) groups excluding carboxylic acids is 2. The van der Waals surface area contributed by atoms with Crippen molar-refractivity contribution in [3.8, 4) is 5.75 Å². The number of nitrogens with one attached hydrogen (secondary N) is 3. The summed E-state index contributed by atoms with van der Waals surface area (Å²) < 4.78 is 49.6. The van der Waals surface area contributed by atoms with Crippen molar-refractivity contribution in [2.45, 2.75) is 51.4 Å². The summed E-state index contributed by atoms with van der Waals surface area (Å²) in [6, 6.07) is 6.30. The number of rotatable bonds is 11. The number of nitrogen functional groups attached to an aromatic ring is 1. The number of aromatic nitrogens is 1. The number of halogens is 3. The number of likely N-dealkylation sites (tertiary alicyclic amines) is 1. The largest absolute Gasteiger partial charge is 0.494 e. The maximum absolute atomic E-state index is 13.0. The predicted molar refractivity (Wildman–Crippen MR) is 159 cm³/mol. The van der Waals surface area contributed by atoms with Crippen LogP contribution in [0.2, 0.25) is 0 Å². The molecule has 2 aromatic rings. The molecule has 43 heavy (non-hydrogen) atoms. The van der Waals surface area contributed by atoms with Crippen molar-refractivity contribution in [3.63, 3.8) is 0 Å². The third-order valence-corrected chi connectivity index (χ3v) is 6.48. The van der Waals surface area contributed by atoms with E-state index < -0.39 is 29.5 Å². The highest BCUT2D eigenvalue weighted by Crippen LogP contribution is 2.31. The van der Waals surface area contributed by atoms with Gasteiger partial charge in [-0.15, -0.1) is 0 Å². The van der Waals surface area contributed by atoms with E-state index in [-0.39, 0.29) is 23.2 Å². The van der Waals surface area contributed by atoms with Gasteiger partial charge in [0.15, 0.2) is 0 Å². The van der Waals surface area contributed by atoms with Gasteiger partial charge in [-0.3, -0.25) is 9.79 Å². The molecule has 0 bridgehead atoms. The van der Waals surface area contributed by atoms with E-state index in [1.54, 1.807) is 12.3 Å². The molecule has 0 spiro atoms. The molecule has 1 aromatic carbocycles. The van der Waals surface area contributed by atoms with E-state index in [0.29, 0.717) is 24.3 Å².